The van der Waals surface area contributed by atoms with E-state index in [1.165, 1.54) is 37.8 Å². The van der Waals surface area contributed by atoms with Gasteiger partial charge in [-0.05, 0) is 37.8 Å². The summed E-state index contributed by atoms with van der Waals surface area (Å²) in [4.78, 5) is 2.72. The Morgan fingerprint density at radius 2 is 1.78 bits per heavy atom. The Balaban J connectivity index is 1.54. The molecule has 0 aromatic heterocycles. The van der Waals surface area contributed by atoms with Crippen LogP contribution in [0.25, 0.3) is 0 Å². The summed E-state index contributed by atoms with van der Waals surface area (Å²) in [7, 11) is 0. The average molecular weight is 244 g/mol. The molecule has 2 unspecified atom stereocenters. The lowest BCUT2D eigenvalue weighted by Crippen LogP contribution is -2.48. The summed E-state index contributed by atoms with van der Waals surface area (Å²) in [5.74, 6) is 0. The van der Waals surface area contributed by atoms with Gasteiger partial charge < -0.3 is 5.32 Å². The molecule has 0 aliphatic carbocycles. The Morgan fingerprint density at radius 3 is 2.39 bits per heavy atom. The van der Waals surface area contributed by atoms with Crippen molar-refractivity contribution in [3.8, 4) is 0 Å². The van der Waals surface area contributed by atoms with Crippen molar-refractivity contribution in [2.75, 3.05) is 6.54 Å². The number of hydrogen-bond acceptors (Lipinski definition) is 2. The highest BCUT2D eigenvalue weighted by atomic mass is 15.2. The molecule has 98 valence electrons. The summed E-state index contributed by atoms with van der Waals surface area (Å²) in [6, 6.07) is 13.2. The van der Waals surface area contributed by atoms with E-state index in [2.05, 4.69) is 47.5 Å². The fourth-order valence-corrected chi connectivity index (χ4v) is 3.82. The minimum absolute atomic E-state index is 0.727. The van der Waals surface area contributed by atoms with Gasteiger partial charge >= 0.3 is 0 Å². The SMILES string of the molecule is CCN1C2CCC1CC(NCc1ccccc1)C2. The van der Waals surface area contributed by atoms with E-state index < -0.39 is 0 Å². The molecule has 0 saturated carbocycles. The number of fused-ring (bicyclic) bond motifs is 2. The second kappa shape index (κ2) is 5.41. The van der Waals surface area contributed by atoms with E-state index in [1.807, 2.05) is 0 Å². The standard InChI is InChI=1S/C16H24N2/c1-2-18-15-8-9-16(18)11-14(10-15)17-12-13-6-4-3-5-7-13/h3-7,14-17H,2,8-12H2,1H3. The predicted molar refractivity (Wildman–Crippen MR) is 75.5 cm³/mol. The van der Waals surface area contributed by atoms with E-state index >= 15 is 0 Å². The Bertz CT molecular complexity index is 362. The van der Waals surface area contributed by atoms with Crippen molar-refractivity contribution in [3.05, 3.63) is 35.9 Å². The highest BCUT2D eigenvalue weighted by molar-refractivity contribution is 5.14. The summed E-state index contributed by atoms with van der Waals surface area (Å²) in [6.45, 7) is 4.57. The number of benzene rings is 1. The van der Waals surface area contributed by atoms with Crippen LogP contribution in [0, 0.1) is 0 Å². The summed E-state index contributed by atoms with van der Waals surface area (Å²) in [6.07, 6.45) is 5.53. The van der Waals surface area contributed by atoms with Crippen LogP contribution in [0.4, 0.5) is 0 Å². The average Bonchev–Trinajstić information content (AvgIpc) is 2.67. The van der Waals surface area contributed by atoms with Gasteiger partial charge in [-0.15, -0.1) is 0 Å². The lowest BCUT2D eigenvalue weighted by molar-refractivity contribution is 0.123. The van der Waals surface area contributed by atoms with Crippen LogP contribution >= 0.6 is 0 Å². The number of rotatable bonds is 4. The van der Waals surface area contributed by atoms with Crippen molar-refractivity contribution in [3.63, 3.8) is 0 Å². The van der Waals surface area contributed by atoms with E-state index in [-0.39, 0.29) is 0 Å². The van der Waals surface area contributed by atoms with E-state index in [0.29, 0.717) is 0 Å². The number of nitrogens with one attached hydrogen (secondary N) is 1. The number of piperidine rings is 1. The third kappa shape index (κ3) is 2.45. The van der Waals surface area contributed by atoms with Crippen molar-refractivity contribution >= 4 is 0 Å². The minimum atomic E-state index is 0.727. The molecule has 0 radical (unpaired) electrons. The first-order chi connectivity index (χ1) is 8.86. The maximum Gasteiger partial charge on any atom is 0.0208 e. The fraction of sp³-hybridized carbons (Fsp3) is 0.625. The van der Waals surface area contributed by atoms with E-state index in [1.54, 1.807) is 0 Å². The summed E-state index contributed by atoms with van der Waals surface area (Å²) < 4.78 is 0. The van der Waals surface area contributed by atoms with Crippen LogP contribution in [0.15, 0.2) is 30.3 Å². The van der Waals surface area contributed by atoms with Gasteiger partial charge in [0.05, 0.1) is 0 Å². The molecule has 2 saturated heterocycles. The molecule has 1 N–H and O–H groups in total. The molecule has 0 amide bonds. The molecule has 3 rings (SSSR count). The van der Waals surface area contributed by atoms with Gasteiger partial charge in [0, 0.05) is 24.7 Å². The molecule has 2 aliphatic rings. The van der Waals surface area contributed by atoms with Crippen molar-refractivity contribution in [1.82, 2.24) is 10.2 Å². The molecule has 2 nitrogen and oxygen atoms in total. The molecule has 1 aromatic carbocycles. The van der Waals surface area contributed by atoms with Gasteiger partial charge in [-0.3, -0.25) is 4.90 Å². The highest BCUT2D eigenvalue weighted by Gasteiger charge is 2.39. The minimum Gasteiger partial charge on any atom is -0.310 e. The van der Waals surface area contributed by atoms with Crippen molar-refractivity contribution < 1.29 is 0 Å². The Kier molecular flexibility index (Phi) is 3.67. The number of nitrogens with zero attached hydrogens (tertiary/aromatic N) is 1. The molecule has 18 heavy (non-hydrogen) atoms. The highest BCUT2D eigenvalue weighted by Crippen LogP contribution is 2.35. The van der Waals surface area contributed by atoms with Crippen LogP contribution in [-0.2, 0) is 6.54 Å². The second-order valence-corrected chi connectivity index (χ2v) is 5.75. The summed E-state index contributed by atoms with van der Waals surface area (Å²) in [5, 5.41) is 3.76. The zero-order valence-electron chi connectivity index (χ0n) is 11.3. The fourth-order valence-electron chi connectivity index (χ4n) is 3.82. The summed E-state index contributed by atoms with van der Waals surface area (Å²) in [5.41, 5.74) is 1.41. The van der Waals surface area contributed by atoms with E-state index in [9.17, 15) is 0 Å². The van der Waals surface area contributed by atoms with Gasteiger partial charge in [0.1, 0.15) is 0 Å². The largest absolute Gasteiger partial charge is 0.310 e. The normalized spacial score (nSPS) is 31.7. The molecule has 0 spiro atoms. The van der Waals surface area contributed by atoms with Crippen LogP contribution in [0.1, 0.15) is 38.2 Å². The van der Waals surface area contributed by atoms with Crippen molar-refractivity contribution in [1.29, 1.82) is 0 Å². The topological polar surface area (TPSA) is 15.3 Å². The molecule has 2 heteroatoms. The maximum absolute atomic E-state index is 3.76. The van der Waals surface area contributed by atoms with Gasteiger partial charge in [0.25, 0.3) is 0 Å². The Morgan fingerprint density at radius 1 is 1.11 bits per heavy atom. The first kappa shape index (κ1) is 12.2. The van der Waals surface area contributed by atoms with Gasteiger partial charge in [-0.2, -0.15) is 0 Å². The zero-order valence-corrected chi connectivity index (χ0v) is 11.3. The van der Waals surface area contributed by atoms with Crippen LogP contribution in [-0.4, -0.2) is 29.6 Å². The predicted octanol–water partition coefficient (Wildman–Crippen LogP) is 2.79. The van der Waals surface area contributed by atoms with Crippen molar-refractivity contribution in [2.24, 2.45) is 0 Å². The molecule has 2 bridgehead atoms. The first-order valence-corrected chi connectivity index (χ1v) is 7.40. The third-order valence-electron chi connectivity index (χ3n) is 4.69. The second-order valence-electron chi connectivity index (χ2n) is 5.75. The lowest BCUT2D eigenvalue weighted by Gasteiger charge is -2.38. The van der Waals surface area contributed by atoms with Crippen molar-refractivity contribution in [2.45, 2.75) is 57.3 Å². The van der Waals surface area contributed by atoms with E-state index in [0.717, 1.165) is 24.7 Å². The van der Waals surface area contributed by atoms with Gasteiger partial charge in [-0.25, -0.2) is 0 Å². The van der Waals surface area contributed by atoms with Gasteiger partial charge in [0.15, 0.2) is 0 Å². The maximum atomic E-state index is 3.76. The van der Waals surface area contributed by atoms with Crippen LogP contribution in [0.2, 0.25) is 0 Å². The molecule has 2 heterocycles. The molecule has 1 aromatic rings. The van der Waals surface area contributed by atoms with Crippen LogP contribution in [0.3, 0.4) is 0 Å². The first-order valence-electron chi connectivity index (χ1n) is 7.40. The Labute approximate surface area is 110 Å². The van der Waals surface area contributed by atoms with Gasteiger partial charge in [0.2, 0.25) is 0 Å². The molecule has 2 atom stereocenters. The van der Waals surface area contributed by atoms with Crippen LogP contribution < -0.4 is 5.32 Å². The summed E-state index contributed by atoms with van der Waals surface area (Å²) >= 11 is 0. The third-order valence-corrected chi connectivity index (χ3v) is 4.69. The van der Waals surface area contributed by atoms with Crippen LogP contribution in [0.5, 0.6) is 0 Å². The number of hydrogen-bond donors (Lipinski definition) is 1. The van der Waals surface area contributed by atoms with E-state index in [4.69, 9.17) is 0 Å². The Hall–Kier alpha value is -0.860. The van der Waals surface area contributed by atoms with Gasteiger partial charge in [-0.1, -0.05) is 37.3 Å². The smallest absolute Gasteiger partial charge is 0.0208 e. The molecule has 2 fully saturated rings. The molecular weight excluding hydrogens is 220 g/mol. The lowest BCUT2D eigenvalue weighted by atomic mass is 9.97. The zero-order chi connectivity index (χ0) is 12.4. The molecule has 2 aliphatic heterocycles. The monoisotopic (exact) mass is 244 g/mol. The molecular formula is C16H24N2. The quantitative estimate of drug-likeness (QED) is 0.876.